The Morgan fingerprint density at radius 1 is 0.889 bits per heavy atom. The molecular weight excluding hydrogens is 120 g/mol. The number of hydrogen-bond acceptors (Lipinski definition) is 6. The SMILES string of the molecule is CNN.CNNC.NN. The zero-order chi connectivity index (χ0) is 8.12. The van der Waals surface area contributed by atoms with Crippen molar-refractivity contribution in [3.05, 3.63) is 0 Å². The molecule has 0 aliphatic heterocycles. The summed E-state index contributed by atoms with van der Waals surface area (Å²) in [6.45, 7) is 0. The molecule has 0 atom stereocenters. The highest BCUT2D eigenvalue weighted by Gasteiger charge is 1.44. The van der Waals surface area contributed by atoms with Gasteiger partial charge in [0.2, 0.25) is 0 Å². The molecule has 0 aromatic heterocycles. The molecule has 0 unspecified atom stereocenters. The predicted octanol–water partition coefficient (Wildman–Crippen LogP) is -2.76. The molecule has 6 heteroatoms. The van der Waals surface area contributed by atoms with Gasteiger partial charge in [-0.25, -0.2) is 0 Å². The van der Waals surface area contributed by atoms with Crippen molar-refractivity contribution in [3.63, 3.8) is 0 Å². The van der Waals surface area contributed by atoms with Crippen molar-refractivity contribution in [2.75, 3.05) is 21.1 Å². The van der Waals surface area contributed by atoms with Crippen molar-refractivity contribution in [1.82, 2.24) is 16.3 Å². The van der Waals surface area contributed by atoms with Crippen molar-refractivity contribution in [3.8, 4) is 0 Å². The van der Waals surface area contributed by atoms with Crippen molar-refractivity contribution in [2.45, 2.75) is 0 Å². The maximum Gasteiger partial charge on any atom is -0.00150 e. The summed E-state index contributed by atoms with van der Waals surface area (Å²) in [5.41, 5.74) is 7.61. The highest BCUT2D eigenvalue weighted by molar-refractivity contribution is 3.99. The van der Waals surface area contributed by atoms with Gasteiger partial charge in [0.25, 0.3) is 0 Å². The third-order valence-electron chi connectivity index (χ3n) is 0.250. The van der Waals surface area contributed by atoms with Crippen LogP contribution in [0.2, 0.25) is 0 Å². The van der Waals surface area contributed by atoms with Crippen LogP contribution >= 0.6 is 0 Å². The third kappa shape index (κ3) is 446. The fourth-order valence-corrected chi connectivity index (χ4v) is 0. The number of nitrogens with one attached hydrogen (secondary N) is 3. The van der Waals surface area contributed by atoms with Gasteiger partial charge >= 0.3 is 0 Å². The summed E-state index contributed by atoms with van der Waals surface area (Å²) in [7, 11) is 5.29. The van der Waals surface area contributed by atoms with E-state index in [0.29, 0.717) is 0 Å². The number of rotatable bonds is 1. The number of nitrogens with two attached hydrogens (primary N) is 3. The van der Waals surface area contributed by atoms with E-state index < -0.39 is 0 Å². The van der Waals surface area contributed by atoms with E-state index in [1.807, 2.05) is 14.1 Å². The van der Waals surface area contributed by atoms with Crippen LogP contribution in [0.4, 0.5) is 0 Å². The van der Waals surface area contributed by atoms with Gasteiger partial charge in [0, 0.05) is 0 Å². The van der Waals surface area contributed by atoms with Crippen LogP contribution in [0, 0.1) is 0 Å². The summed E-state index contributed by atoms with van der Waals surface area (Å²) in [5, 5.41) is 0. The molecule has 6 nitrogen and oxygen atoms in total. The minimum atomic E-state index is 1.65. The Balaban J connectivity index is -0.0000000646. The normalized spacial score (nSPS) is 6.00. The lowest BCUT2D eigenvalue weighted by Gasteiger charge is -1.81. The molecule has 9 N–H and O–H groups in total. The van der Waals surface area contributed by atoms with Crippen molar-refractivity contribution in [1.29, 1.82) is 0 Å². The molecule has 0 aliphatic carbocycles. The molecule has 60 valence electrons. The number of hydrogen-bond donors (Lipinski definition) is 6. The molecule has 0 saturated heterocycles. The fraction of sp³-hybridized carbons (Fsp3) is 1.00. The fourth-order valence-electron chi connectivity index (χ4n) is 0. The molecule has 0 fully saturated rings. The standard InChI is InChI=1S/C2H8N2.CH6N2.H4N2/c1-3-4-2;1-3-2;1-2/h3-4H,1-2H3;3H,2H2,1H3;1-2H2. The van der Waals surface area contributed by atoms with E-state index in [1.165, 1.54) is 0 Å². The summed E-state index contributed by atoms with van der Waals surface area (Å²) in [6, 6.07) is 0. The minimum Gasteiger partial charge on any atom is -0.274 e. The van der Waals surface area contributed by atoms with Gasteiger partial charge in [-0.1, -0.05) is 0 Å². The van der Waals surface area contributed by atoms with Crippen LogP contribution in [0.25, 0.3) is 0 Å². The second-order valence-corrected chi connectivity index (χ2v) is 0.789. The maximum atomic E-state index is 4.60. The Hall–Kier alpha value is -0.240. The van der Waals surface area contributed by atoms with E-state index in [-0.39, 0.29) is 0 Å². The second kappa shape index (κ2) is 46.6. The van der Waals surface area contributed by atoms with Crippen molar-refractivity contribution in [2.24, 2.45) is 17.5 Å². The first-order valence-corrected chi connectivity index (χ1v) is 2.37. The molecule has 0 spiro atoms. The van der Waals surface area contributed by atoms with E-state index >= 15 is 0 Å². The van der Waals surface area contributed by atoms with E-state index in [0.717, 1.165) is 0 Å². The lowest BCUT2D eigenvalue weighted by Crippen LogP contribution is -2.21. The largest absolute Gasteiger partial charge is 0.274 e. The molecule has 0 aromatic carbocycles. The molecule has 0 aliphatic rings. The molecule has 9 heavy (non-hydrogen) atoms. The summed E-state index contributed by atoms with van der Waals surface area (Å²) in [5.74, 6) is 12.6. The first-order valence-electron chi connectivity index (χ1n) is 2.37. The summed E-state index contributed by atoms with van der Waals surface area (Å²) >= 11 is 0. The summed E-state index contributed by atoms with van der Waals surface area (Å²) in [4.78, 5) is 0. The van der Waals surface area contributed by atoms with E-state index in [1.54, 1.807) is 7.05 Å². The van der Waals surface area contributed by atoms with Crippen LogP contribution < -0.4 is 33.8 Å². The minimum absolute atomic E-state index is 1.65. The molecule has 0 rings (SSSR count). The smallest absolute Gasteiger partial charge is 0.00150 e. The van der Waals surface area contributed by atoms with Gasteiger partial charge in [-0.05, 0) is 21.1 Å². The van der Waals surface area contributed by atoms with Gasteiger partial charge in [0.05, 0.1) is 0 Å². The maximum absolute atomic E-state index is 4.60. The first-order chi connectivity index (χ1) is 4.33. The van der Waals surface area contributed by atoms with Crippen molar-refractivity contribution < 1.29 is 0 Å². The van der Waals surface area contributed by atoms with Crippen LogP contribution in [0.5, 0.6) is 0 Å². The average Bonchev–Trinajstić information content (AvgIpc) is 1.94. The van der Waals surface area contributed by atoms with Gasteiger partial charge in [0.1, 0.15) is 0 Å². The number of hydrazine groups is 3. The van der Waals surface area contributed by atoms with Crippen LogP contribution in [0.1, 0.15) is 0 Å². The third-order valence-corrected chi connectivity index (χ3v) is 0.250. The first kappa shape index (κ1) is 15.9. The Kier molecular flexibility index (Phi) is 82.2. The predicted molar refractivity (Wildman–Crippen MR) is 39.7 cm³/mol. The Bertz CT molecular complexity index is 15.8. The summed E-state index contributed by atoms with van der Waals surface area (Å²) < 4.78 is 0. The highest BCUT2D eigenvalue weighted by Crippen LogP contribution is 1.07. The topological polar surface area (TPSA) is 114 Å². The van der Waals surface area contributed by atoms with Gasteiger partial charge in [0.15, 0.2) is 0 Å². The molecule has 0 bridgehead atoms. The Morgan fingerprint density at radius 3 is 1.00 bits per heavy atom. The monoisotopic (exact) mass is 138 g/mol. The van der Waals surface area contributed by atoms with Crippen molar-refractivity contribution >= 4 is 0 Å². The quantitative estimate of drug-likeness (QED) is 0.173. The Morgan fingerprint density at radius 2 is 1.00 bits per heavy atom. The lowest BCUT2D eigenvalue weighted by molar-refractivity contribution is 0.689. The zero-order valence-corrected chi connectivity index (χ0v) is 6.23. The van der Waals surface area contributed by atoms with Crippen LogP contribution in [-0.4, -0.2) is 21.1 Å². The Labute approximate surface area is 56.1 Å². The van der Waals surface area contributed by atoms with E-state index in [9.17, 15) is 0 Å². The molecule has 0 saturated carbocycles. The second-order valence-electron chi connectivity index (χ2n) is 0.789. The molecule has 0 radical (unpaired) electrons. The van der Waals surface area contributed by atoms with Gasteiger partial charge in [-0.2, -0.15) is 0 Å². The average molecular weight is 138 g/mol. The van der Waals surface area contributed by atoms with Gasteiger partial charge in [-0.15, -0.1) is 0 Å². The molecule has 0 amide bonds. The van der Waals surface area contributed by atoms with Gasteiger partial charge in [-0.3, -0.25) is 33.8 Å². The highest BCUT2D eigenvalue weighted by atomic mass is 15.3. The van der Waals surface area contributed by atoms with Crippen LogP contribution in [0.3, 0.4) is 0 Å². The van der Waals surface area contributed by atoms with E-state index in [4.69, 9.17) is 0 Å². The lowest BCUT2D eigenvalue weighted by atomic mass is 11.4. The summed E-state index contributed by atoms with van der Waals surface area (Å²) in [6.07, 6.45) is 0. The van der Waals surface area contributed by atoms with Crippen LogP contribution in [-0.2, 0) is 0 Å². The molecule has 0 aromatic rings. The van der Waals surface area contributed by atoms with E-state index in [2.05, 4.69) is 33.8 Å². The molecule has 0 heterocycles. The molecular formula is C3H18N6. The van der Waals surface area contributed by atoms with Crippen LogP contribution in [0.15, 0.2) is 0 Å². The van der Waals surface area contributed by atoms with Gasteiger partial charge < -0.3 is 0 Å². The zero-order valence-electron chi connectivity index (χ0n) is 6.23.